The zero-order chi connectivity index (χ0) is 22.0. The lowest BCUT2D eigenvalue weighted by atomic mass is 10.00. The van der Waals surface area contributed by atoms with Crippen molar-refractivity contribution < 1.29 is 32.0 Å². The van der Waals surface area contributed by atoms with Crippen molar-refractivity contribution in [1.29, 1.82) is 0 Å². The lowest BCUT2D eigenvalue weighted by Gasteiger charge is -2.28. The van der Waals surface area contributed by atoms with Crippen molar-refractivity contribution >= 4 is 22.1 Å². The molecule has 0 radical (unpaired) electrons. The van der Waals surface area contributed by atoms with Crippen molar-refractivity contribution in [3.8, 4) is 0 Å². The second-order valence-electron chi connectivity index (χ2n) is 8.54. The zero-order valence-electron chi connectivity index (χ0n) is 18.2. The van der Waals surface area contributed by atoms with Crippen LogP contribution in [0.1, 0.15) is 99.3 Å². The average molecular weight is 423 g/mol. The maximum atomic E-state index is 12.4. The second kappa shape index (κ2) is 11.8. The van der Waals surface area contributed by atoms with E-state index in [1.165, 1.54) is 0 Å². The van der Waals surface area contributed by atoms with Crippen LogP contribution in [0.4, 0.5) is 0 Å². The van der Waals surface area contributed by atoms with Gasteiger partial charge in [-0.3, -0.25) is 14.1 Å². The molecule has 0 aliphatic carbocycles. The maximum Gasteiger partial charge on any atom is 0.327 e. The number of carbonyl (C=O) groups is 2. The van der Waals surface area contributed by atoms with Crippen molar-refractivity contribution in [2.45, 2.75) is 116 Å². The Balaban J connectivity index is 5.00. The van der Waals surface area contributed by atoms with E-state index >= 15 is 0 Å². The van der Waals surface area contributed by atoms with Crippen molar-refractivity contribution in [3.05, 3.63) is 0 Å². The van der Waals surface area contributed by atoms with E-state index in [0.717, 1.165) is 38.5 Å². The Bertz CT molecular complexity index is 594. The summed E-state index contributed by atoms with van der Waals surface area (Å²) in [6.45, 7) is 10.9. The predicted molar refractivity (Wildman–Crippen MR) is 109 cm³/mol. The van der Waals surface area contributed by atoms with Crippen LogP contribution >= 0.6 is 0 Å². The third kappa shape index (κ3) is 11.6. The molecule has 0 saturated heterocycles. The van der Waals surface area contributed by atoms with E-state index < -0.39 is 44.9 Å². The van der Waals surface area contributed by atoms with Gasteiger partial charge in [-0.1, -0.05) is 39.5 Å². The number of rotatable bonds is 14. The highest BCUT2D eigenvalue weighted by Gasteiger charge is 2.39. The Morgan fingerprint density at radius 2 is 1.29 bits per heavy atom. The van der Waals surface area contributed by atoms with Crippen LogP contribution in [0.5, 0.6) is 0 Å². The Morgan fingerprint density at radius 3 is 1.68 bits per heavy atom. The number of esters is 2. The van der Waals surface area contributed by atoms with Crippen molar-refractivity contribution in [1.82, 2.24) is 0 Å². The molecule has 0 aromatic rings. The molecule has 0 saturated carbocycles. The predicted octanol–water partition coefficient (Wildman–Crippen LogP) is 4.44. The number of ether oxygens (including phenoxy) is 2. The first-order valence-electron chi connectivity index (χ1n) is 10.1. The first-order chi connectivity index (χ1) is 12.7. The molecule has 0 aromatic carbocycles. The van der Waals surface area contributed by atoms with E-state index in [4.69, 9.17) is 9.47 Å². The standard InChI is InChI=1S/C20H38O7S/c1-7-9-11-13-19(3,4)26-17(21)15-16(28(23,24)25)18(22)27-20(5,6)14-12-10-8-2/h16H,7-15H2,1-6H3,(H,23,24,25). The van der Waals surface area contributed by atoms with Gasteiger partial charge in [-0.2, -0.15) is 8.42 Å². The summed E-state index contributed by atoms with van der Waals surface area (Å²) in [6.07, 6.45) is 6.06. The van der Waals surface area contributed by atoms with E-state index in [2.05, 4.69) is 6.92 Å². The first-order valence-corrected chi connectivity index (χ1v) is 11.7. The molecule has 166 valence electrons. The fourth-order valence-electron chi connectivity index (χ4n) is 2.85. The zero-order valence-corrected chi connectivity index (χ0v) is 19.1. The highest BCUT2D eigenvalue weighted by Crippen LogP contribution is 2.23. The molecular formula is C20H38O7S. The van der Waals surface area contributed by atoms with Gasteiger partial charge in [0.15, 0.2) is 5.25 Å². The molecule has 0 aliphatic rings. The van der Waals surface area contributed by atoms with Gasteiger partial charge in [0.25, 0.3) is 10.1 Å². The molecule has 0 fully saturated rings. The molecule has 0 aliphatic heterocycles. The SMILES string of the molecule is CCCCCC(C)(C)OC(=O)CC(C(=O)OC(C)(C)CCCCC)S(=O)(=O)O. The van der Waals surface area contributed by atoms with Gasteiger partial charge >= 0.3 is 11.9 Å². The molecule has 1 atom stereocenters. The van der Waals surface area contributed by atoms with Crippen LogP contribution in [-0.4, -0.2) is 41.4 Å². The third-order valence-corrected chi connectivity index (χ3v) is 5.58. The summed E-state index contributed by atoms with van der Waals surface area (Å²) in [6, 6.07) is 0. The minimum Gasteiger partial charge on any atom is -0.460 e. The molecule has 0 amide bonds. The number of carbonyl (C=O) groups excluding carboxylic acids is 2. The first kappa shape index (κ1) is 26.9. The molecule has 7 nitrogen and oxygen atoms in total. The van der Waals surface area contributed by atoms with Gasteiger partial charge in [0.05, 0.1) is 6.42 Å². The smallest absolute Gasteiger partial charge is 0.327 e. The largest absolute Gasteiger partial charge is 0.460 e. The van der Waals surface area contributed by atoms with Gasteiger partial charge in [-0.15, -0.1) is 0 Å². The van der Waals surface area contributed by atoms with Crippen LogP contribution in [0, 0.1) is 0 Å². The number of unbranched alkanes of at least 4 members (excludes halogenated alkanes) is 4. The monoisotopic (exact) mass is 422 g/mol. The highest BCUT2D eigenvalue weighted by atomic mass is 32.2. The topological polar surface area (TPSA) is 107 Å². The second-order valence-corrected chi connectivity index (χ2v) is 10.1. The van der Waals surface area contributed by atoms with Crippen molar-refractivity contribution in [3.63, 3.8) is 0 Å². The van der Waals surface area contributed by atoms with Crippen molar-refractivity contribution in [2.75, 3.05) is 0 Å². The number of hydrogen-bond donors (Lipinski definition) is 1. The lowest BCUT2D eigenvalue weighted by Crippen LogP contribution is -2.40. The van der Waals surface area contributed by atoms with E-state index in [0.29, 0.717) is 12.8 Å². The van der Waals surface area contributed by atoms with Gasteiger partial charge in [0, 0.05) is 0 Å². The molecule has 0 aromatic heterocycles. The van der Waals surface area contributed by atoms with Gasteiger partial charge in [-0.05, 0) is 53.4 Å². The van der Waals surface area contributed by atoms with Crippen LogP contribution in [-0.2, 0) is 29.2 Å². The van der Waals surface area contributed by atoms with Crippen molar-refractivity contribution in [2.24, 2.45) is 0 Å². The molecule has 0 rings (SSSR count). The van der Waals surface area contributed by atoms with Gasteiger partial charge < -0.3 is 9.47 Å². The molecular weight excluding hydrogens is 384 g/mol. The van der Waals surface area contributed by atoms with E-state index in [1.807, 2.05) is 6.92 Å². The van der Waals surface area contributed by atoms with Gasteiger partial charge in [0.2, 0.25) is 0 Å². The van der Waals surface area contributed by atoms with Gasteiger partial charge in [-0.25, -0.2) is 0 Å². The summed E-state index contributed by atoms with van der Waals surface area (Å²) < 4.78 is 43.4. The quantitative estimate of drug-likeness (QED) is 0.250. The molecule has 1 N–H and O–H groups in total. The minimum atomic E-state index is -4.81. The average Bonchev–Trinajstić information content (AvgIpc) is 2.50. The maximum absolute atomic E-state index is 12.4. The van der Waals surface area contributed by atoms with Crippen LogP contribution in [0.15, 0.2) is 0 Å². The molecule has 0 heterocycles. The van der Waals surface area contributed by atoms with Gasteiger partial charge in [0.1, 0.15) is 11.2 Å². The summed E-state index contributed by atoms with van der Waals surface area (Å²) >= 11 is 0. The van der Waals surface area contributed by atoms with E-state index in [-0.39, 0.29) is 0 Å². The van der Waals surface area contributed by atoms with Crippen LogP contribution in [0.25, 0.3) is 0 Å². The highest BCUT2D eigenvalue weighted by molar-refractivity contribution is 7.87. The fraction of sp³-hybridized carbons (Fsp3) is 0.900. The molecule has 8 heteroatoms. The Hall–Kier alpha value is -1.15. The van der Waals surface area contributed by atoms with E-state index in [9.17, 15) is 22.6 Å². The summed E-state index contributed by atoms with van der Waals surface area (Å²) in [5.41, 5.74) is -1.67. The summed E-state index contributed by atoms with van der Waals surface area (Å²) in [5, 5.41) is -1.99. The Kier molecular flexibility index (Phi) is 11.3. The fourth-order valence-corrected chi connectivity index (χ4v) is 3.49. The molecule has 0 bridgehead atoms. The molecule has 0 spiro atoms. The number of hydrogen-bond acceptors (Lipinski definition) is 6. The summed E-state index contributed by atoms with van der Waals surface area (Å²) in [4.78, 5) is 24.6. The minimum absolute atomic E-state index is 0.555. The Morgan fingerprint density at radius 1 is 0.857 bits per heavy atom. The van der Waals surface area contributed by atoms with Crippen LogP contribution < -0.4 is 0 Å². The summed E-state index contributed by atoms with van der Waals surface area (Å²) in [5.74, 6) is -1.99. The third-order valence-electron chi connectivity index (χ3n) is 4.51. The van der Waals surface area contributed by atoms with E-state index in [1.54, 1.807) is 27.7 Å². The normalized spacial score (nSPS) is 13.8. The molecule has 1 unspecified atom stereocenters. The molecule has 28 heavy (non-hydrogen) atoms. The lowest BCUT2D eigenvalue weighted by molar-refractivity contribution is -0.164. The van der Waals surface area contributed by atoms with Crippen LogP contribution in [0.2, 0.25) is 0 Å². The van der Waals surface area contributed by atoms with Crippen LogP contribution in [0.3, 0.4) is 0 Å². The summed E-state index contributed by atoms with van der Waals surface area (Å²) in [7, 11) is -4.81. The Labute approximate surface area is 170 Å².